The zero-order chi connectivity index (χ0) is 12.3. The molecule has 2 aromatic rings. The Morgan fingerprint density at radius 2 is 2.12 bits per heavy atom. The predicted octanol–water partition coefficient (Wildman–Crippen LogP) is 3.07. The van der Waals surface area contributed by atoms with Crippen LogP contribution in [0.25, 0.3) is 0 Å². The molecule has 0 aliphatic rings. The van der Waals surface area contributed by atoms with Crippen molar-refractivity contribution < 1.29 is 4.74 Å². The van der Waals surface area contributed by atoms with Crippen LogP contribution in [-0.4, -0.2) is 9.97 Å². The Balaban J connectivity index is 2.24. The van der Waals surface area contributed by atoms with E-state index in [4.69, 9.17) is 22.1 Å². The average Bonchev–Trinajstić information content (AvgIpc) is 2.28. The van der Waals surface area contributed by atoms with Crippen LogP contribution in [0, 0.1) is 0 Å². The zero-order valence-electron chi connectivity index (χ0n) is 9.35. The van der Waals surface area contributed by atoms with Gasteiger partial charge in [0.25, 0.3) is 0 Å². The summed E-state index contributed by atoms with van der Waals surface area (Å²) in [5.41, 5.74) is 6.67. The minimum absolute atomic E-state index is 0.0964. The lowest BCUT2D eigenvalue weighted by atomic mass is 10.2. The molecule has 1 heterocycles. The quantitative estimate of drug-likeness (QED) is 0.850. The van der Waals surface area contributed by atoms with Crippen molar-refractivity contribution in [1.29, 1.82) is 0 Å². The van der Waals surface area contributed by atoms with Crippen LogP contribution in [0.4, 0.5) is 5.95 Å². The first-order valence-electron chi connectivity index (χ1n) is 5.24. The summed E-state index contributed by atoms with van der Waals surface area (Å²) in [6.07, 6.45) is 0.948. The minimum Gasteiger partial charge on any atom is -0.439 e. The summed E-state index contributed by atoms with van der Waals surface area (Å²) in [6.45, 7) is 2.08. The molecule has 0 amide bonds. The largest absolute Gasteiger partial charge is 0.439 e. The maximum Gasteiger partial charge on any atom is 0.225 e. The number of hydrogen-bond donors (Lipinski definition) is 1. The van der Waals surface area contributed by atoms with E-state index in [0.717, 1.165) is 6.42 Å². The molecule has 5 heteroatoms. The van der Waals surface area contributed by atoms with Crippen molar-refractivity contribution in [2.45, 2.75) is 13.3 Å². The number of aromatic nitrogens is 2. The van der Waals surface area contributed by atoms with Gasteiger partial charge >= 0.3 is 0 Å². The first-order chi connectivity index (χ1) is 8.17. The van der Waals surface area contributed by atoms with E-state index in [-0.39, 0.29) is 11.1 Å². The summed E-state index contributed by atoms with van der Waals surface area (Å²) in [7, 11) is 0. The topological polar surface area (TPSA) is 61.0 Å². The summed E-state index contributed by atoms with van der Waals surface area (Å²) in [5, 5.41) is 0.263. The number of nitrogen functional groups attached to an aromatic ring is 1. The number of rotatable bonds is 3. The summed E-state index contributed by atoms with van der Waals surface area (Å²) >= 11 is 5.76. The van der Waals surface area contributed by atoms with Crippen LogP contribution in [0.15, 0.2) is 30.3 Å². The second-order valence-corrected chi connectivity index (χ2v) is 3.88. The molecule has 0 atom stereocenters. The molecular formula is C12H12ClN3O. The Morgan fingerprint density at radius 1 is 1.29 bits per heavy atom. The Hall–Kier alpha value is -1.81. The molecule has 0 aliphatic heterocycles. The molecule has 0 spiro atoms. The second-order valence-electron chi connectivity index (χ2n) is 3.49. The van der Waals surface area contributed by atoms with Crippen molar-refractivity contribution in [3.63, 3.8) is 0 Å². The fourth-order valence-corrected chi connectivity index (χ4v) is 1.60. The molecule has 0 saturated heterocycles. The van der Waals surface area contributed by atoms with Crippen LogP contribution < -0.4 is 10.5 Å². The molecule has 0 unspecified atom stereocenters. The second kappa shape index (κ2) is 5.01. The van der Waals surface area contributed by atoms with Crippen molar-refractivity contribution in [2.75, 3.05) is 5.73 Å². The van der Waals surface area contributed by atoms with Crippen LogP contribution in [0.2, 0.25) is 5.15 Å². The van der Waals surface area contributed by atoms with Gasteiger partial charge in [0.15, 0.2) is 0 Å². The molecule has 0 bridgehead atoms. The zero-order valence-corrected chi connectivity index (χ0v) is 10.1. The summed E-state index contributed by atoms with van der Waals surface area (Å²) in [4.78, 5) is 7.71. The lowest BCUT2D eigenvalue weighted by molar-refractivity contribution is 0.462. The van der Waals surface area contributed by atoms with Gasteiger partial charge in [-0.15, -0.1) is 0 Å². The summed E-state index contributed by atoms with van der Waals surface area (Å²) in [6, 6.07) is 9.29. The monoisotopic (exact) mass is 249 g/mol. The van der Waals surface area contributed by atoms with E-state index in [0.29, 0.717) is 11.6 Å². The third-order valence-electron chi connectivity index (χ3n) is 2.22. The van der Waals surface area contributed by atoms with Crippen molar-refractivity contribution in [1.82, 2.24) is 9.97 Å². The van der Waals surface area contributed by atoms with E-state index in [1.54, 1.807) is 0 Å². The third-order valence-corrected chi connectivity index (χ3v) is 2.41. The highest BCUT2D eigenvalue weighted by atomic mass is 35.5. The van der Waals surface area contributed by atoms with Crippen molar-refractivity contribution in [2.24, 2.45) is 0 Å². The van der Waals surface area contributed by atoms with Crippen LogP contribution in [0.5, 0.6) is 11.6 Å². The molecule has 0 saturated carbocycles. The summed E-state index contributed by atoms with van der Waals surface area (Å²) < 4.78 is 5.57. The summed E-state index contributed by atoms with van der Waals surface area (Å²) in [5.74, 6) is 1.15. The standard InChI is InChI=1S/C12H12ClN3O/c1-2-8-4-3-5-9(6-8)17-11-7-10(13)15-12(14)16-11/h3-7H,2H2,1H3,(H2,14,15,16). The minimum atomic E-state index is 0.0964. The molecule has 0 fully saturated rings. The Bertz CT molecular complexity index is 511. The number of ether oxygens (including phenoxy) is 1. The molecule has 88 valence electrons. The highest BCUT2D eigenvalue weighted by Crippen LogP contribution is 2.23. The molecular weight excluding hydrogens is 238 g/mol. The number of nitrogens with two attached hydrogens (primary N) is 1. The maximum absolute atomic E-state index is 5.76. The Kier molecular flexibility index (Phi) is 3.44. The van der Waals surface area contributed by atoms with Gasteiger partial charge in [-0.2, -0.15) is 4.98 Å². The molecule has 0 aliphatic carbocycles. The maximum atomic E-state index is 5.76. The van der Waals surface area contributed by atoms with Crippen LogP contribution >= 0.6 is 11.6 Å². The van der Waals surface area contributed by atoms with Gasteiger partial charge < -0.3 is 10.5 Å². The van der Waals surface area contributed by atoms with Crippen molar-refractivity contribution >= 4 is 17.5 Å². The first-order valence-corrected chi connectivity index (χ1v) is 5.62. The first kappa shape index (κ1) is 11.7. The number of anilines is 1. The van der Waals surface area contributed by atoms with E-state index in [1.807, 2.05) is 24.3 Å². The van der Waals surface area contributed by atoms with E-state index in [9.17, 15) is 0 Å². The Morgan fingerprint density at radius 3 is 2.82 bits per heavy atom. The van der Waals surface area contributed by atoms with Crippen molar-refractivity contribution in [3.05, 3.63) is 41.0 Å². The highest BCUT2D eigenvalue weighted by molar-refractivity contribution is 6.29. The fourth-order valence-electron chi connectivity index (χ4n) is 1.42. The normalized spacial score (nSPS) is 10.2. The van der Waals surface area contributed by atoms with Gasteiger partial charge in [0.05, 0.1) is 0 Å². The molecule has 0 radical (unpaired) electrons. The SMILES string of the molecule is CCc1cccc(Oc2cc(Cl)nc(N)n2)c1. The molecule has 4 nitrogen and oxygen atoms in total. The number of halogens is 1. The molecule has 1 aromatic carbocycles. The van der Waals surface area contributed by atoms with Gasteiger partial charge in [-0.1, -0.05) is 30.7 Å². The Labute approximate surface area is 104 Å². The molecule has 1 aromatic heterocycles. The highest BCUT2D eigenvalue weighted by Gasteiger charge is 2.03. The van der Waals surface area contributed by atoms with Gasteiger partial charge in [-0.3, -0.25) is 0 Å². The van der Waals surface area contributed by atoms with Gasteiger partial charge in [-0.25, -0.2) is 4.98 Å². The molecule has 17 heavy (non-hydrogen) atoms. The fraction of sp³-hybridized carbons (Fsp3) is 0.167. The van der Waals surface area contributed by atoms with Gasteiger partial charge in [0.2, 0.25) is 11.8 Å². The number of benzene rings is 1. The van der Waals surface area contributed by atoms with E-state index >= 15 is 0 Å². The lowest BCUT2D eigenvalue weighted by Gasteiger charge is -2.06. The predicted molar refractivity (Wildman–Crippen MR) is 67.3 cm³/mol. The van der Waals surface area contributed by atoms with Gasteiger partial charge in [0, 0.05) is 6.07 Å². The van der Waals surface area contributed by atoms with Crippen LogP contribution in [0.1, 0.15) is 12.5 Å². The van der Waals surface area contributed by atoms with E-state index in [2.05, 4.69) is 16.9 Å². The average molecular weight is 250 g/mol. The van der Waals surface area contributed by atoms with Crippen LogP contribution in [-0.2, 0) is 6.42 Å². The smallest absolute Gasteiger partial charge is 0.225 e. The lowest BCUT2D eigenvalue weighted by Crippen LogP contribution is -1.97. The van der Waals surface area contributed by atoms with Gasteiger partial charge in [0.1, 0.15) is 10.9 Å². The molecule has 2 N–H and O–H groups in total. The van der Waals surface area contributed by atoms with E-state index in [1.165, 1.54) is 11.6 Å². The van der Waals surface area contributed by atoms with Crippen molar-refractivity contribution in [3.8, 4) is 11.6 Å². The van der Waals surface area contributed by atoms with Gasteiger partial charge in [-0.05, 0) is 24.1 Å². The number of hydrogen-bond acceptors (Lipinski definition) is 4. The number of aryl methyl sites for hydroxylation is 1. The third kappa shape index (κ3) is 3.07. The molecule has 2 rings (SSSR count). The van der Waals surface area contributed by atoms with E-state index < -0.39 is 0 Å². The number of nitrogens with zero attached hydrogens (tertiary/aromatic N) is 2. The van der Waals surface area contributed by atoms with Crippen LogP contribution in [0.3, 0.4) is 0 Å².